The highest BCUT2D eigenvalue weighted by atomic mass is 16.5. The highest BCUT2D eigenvalue weighted by Crippen LogP contribution is 2.19. The third-order valence-corrected chi connectivity index (χ3v) is 3.48. The first-order valence-electron chi connectivity index (χ1n) is 7.77. The van der Waals surface area contributed by atoms with E-state index in [0.717, 1.165) is 12.8 Å². The Morgan fingerprint density at radius 1 is 0.778 bits per heavy atom. The van der Waals surface area contributed by atoms with E-state index in [1.165, 1.54) is 63.4 Å². The SMILES string of the molecule is CCCCCCC/C(CCCCCC)=C(/N)OC. The van der Waals surface area contributed by atoms with Crippen LogP contribution in [-0.2, 0) is 4.74 Å². The minimum atomic E-state index is 0.669. The van der Waals surface area contributed by atoms with Crippen LogP contribution in [-0.4, -0.2) is 7.11 Å². The predicted octanol–water partition coefficient (Wildman–Crippen LogP) is 5.13. The molecule has 0 aliphatic rings. The number of unbranched alkanes of at least 4 members (excludes halogenated alkanes) is 7. The van der Waals surface area contributed by atoms with Crippen molar-refractivity contribution in [2.45, 2.75) is 84.5 Å². The molecule has 0 unspecified atom stereocenters. The molecule has 2 N–H and O–H groups in total. The lowest BCUT2D eigenvalue weighted by molar-refractivity contribution is 0.278. The van der Waals surface area contributed by atoms with Crippen molar-refractivity contribution in [1.29, 1.82) is 0 Å². The average Bonchev–Trinajstić information content (AvgIpc) is 2.40. The van der Waals surface area contributed by atoms with Gasteiger partial charge in [0.2, 0.25) is 0 Å². The standard InChI is InChI=1S/C16H33NO/c1-4-6-8-10-12-14-15(16(17)18-3)13-11-9-7-5-2/h4-14,17H2,1-3H3/b16-15-. The summed E-state index contributed by atoms with van der Waals surface area (Å²) in [5, 5.41) is 0. The van der Waals surface area contributed by atoms with Crippen LogP contribution in [0.4, 0.5) is 0 Å². The van der Waals surface area contributed by atoms with Crippen molar-refractivity contribution in [2.24, 2.45) is 5.73 Å². The van der Waals surface area contributed by atoms with E-state index in [4.69, 9.17) is 10.5 Å². The maximum Gasteiger partial charge on any atom is 0.182 e. The summed E-state index contributed by atoms with van der Waals surface area (Å²) in [6, 6.07) is 0. The second-order valence-corrected chi connectivity index (χ2v) is 5.15. The Balaban J connectivity index is 3.86. The van der Waals surface area contributed by atoms with Crippen molar-refractivity contribution < 1.29 is 4.74 Å². The molecule has 18 heavy (non-hydrogen) atoms. The summed E-state index contributed by atoms with van der Waals surface area (Å²) in [7, 11) is 1.68. The van der Waals surface area contributed by atoms with Crippen LogP contribution in [0.3, 0.4) is 0 Å². The van der Waals surface area contributed by atoms with E-state index in [9.17, 15) is 0 Å². The van der Waals surface area contributed by atoms with Gasteiger partial charge in [-0.25, -0.2) is 0 Å². The van der Waals surface area contributed by atoms with Gasteiger partial charge in [0.1, 0.15) is 0 Å². The minimum Gasteiger partial charge on any atom is -0.483 e. The molecule has 2 nitrogen and oxygen atoms in total. The predicted molar refractivity (Wildman–Crippen MR) is 80.4 cm³/mol. The first-order chi connectivity index (χ1) is 8.76. The molecule has 0 amide bonds. The average molecular weight is 255 g/mol. The molecule has 0 atom stereocenters. The summed E-state index contributed by atoms with van der Waals surface area (Å²) in [6.45, 7) is 4.50. The van der Waals surface area contributed by atoms with Gasteiger partial charge < -0.3 is 10.5 Å². The lowest BCUT2D eigenvalue weighted by atomic mass is 10.0. The summed E-state index contributed by atoms with van der Waals surface area (Å²) >= 11 is 0. The number of rotatable bonds is 12. The van der Waals surface area contributed by atoms with Gasteiger partial charge in [0.05, 0.1) is 7.11 Å². The zero-order valence-corrected chi connectivity index (χ0v) is 12.8. The monoisotopic (exact) mass is 255 g/mol. The molecule has 0 fully saturated rings. The van der Waals surface area contributed by atoms with E-state index >= 15 is 0 Å². The minimum absolute atomic E-state index is 0.669. The van der Waals surface area contributed by atoms with Crippen LogP contribution in [0.15, 0.2) is 11.5 Å². The van der Waals surface area contributed by atoms with Gasteiger partial charge in [0, 0.05) is 0 Å². The molecular formula is C16H33NO. The number of ether oxygens (including phenoxy) is 1. The van der Waals surface area contributed by atoms with E-state index < -0.39 is 0 Å². The molecule has 0 heterocycles. The van der Waals surface area contributed by atoms with Gasteiger partial charge in [-0.2, -0.15) is 0 Å². The quantitative estimate of drug-likeness (QED) is 0.387. The molecule has 108 valence electrons. The normalized spacial score (nSPS) is 12.4. The Morgan fingerprint density at radius 3 is 1.67 bits per heavy atom. The van der Waals surface area contributed by atoms with E-state index in [1.54, 1.807) is 7.11 Å². The summed E-state index contributed by atoms with van der Waals surface area (Å²) in [5.74, 6) is 0.669. The Hall–Kier alpha value is -0.660. The van der Waals surface area contributed by atoms with Crippen LogP contribution in [0.25, 0.3) is 0 Å². The first kappa shape index (κ1) is 17.3. The fraction of sp³-hybridized carbons (Fsp3) is 0.875. The fourth-order valence-corrected chi connectivity index (χ4v) is 2.22. The highest BCUT2D eigenvalue weighted by Gasteiger charge is 2.04. The number of nitrogens with two attached hydrogens (primary N) is 1. The van der Waals surface area contributed by atoms with Gasteiger partial charge in [0.25, 0.3) is 0 Å². The fourth-order valence-electron chi connectivity index (χ4n) is 2.22. The van der Waals surface area contributed by atoms with E-state index in [-0.39, 0.29) is 0 Å². The maximum absolute atomic E-state index is 5.93. The van der Waals surface area contributed by atoms with Crippen molar-refractivity contribution in [2.75, 3.05) is 7.11 Å². The number of hydrogen-bond donors (Lipinski definition) is 1. The van der Waals surface area contributed by atoms with Gasteiger partial charge in [-0.15, -0.1) is 0 Å². The number of methoxy groups -OCH3 is 1. The van der Waals surface area contributed by atoms with Gasteiger partial charge in [-0.1, -0.05) is 58.8 Å². The molecule has 0 aromatic heterocycles. The second-order valence-electron chi connectivity index (χ2n) is 5.15. The zero-order valence-electron chi connectivity index (χ0n) is 12.8. The Kier molecular flexibility index (Phi) is 12.3. The topological polar surface area (TPSA) is 35.2 Å². The molecule has 0 aromatic carbocycles. The molecule has 0 rings (SSSR count). The van der Waals surface area contributed by atoms with Crippen LogP contribution >= 0.6 is 0 Å². The van der Waals surface area contributed by atoms with Crippen LogP contribution < -0.4 is 5.73 Å². The highest BCUT2D eigenvalue weighted by molar-refractivity contribution is 5.05. The Morgan fingerprint density at radius 2 is 1.22 bits per heavy atom. The zero-order chi connectivity index (χ0) is 13.6. The van der Waals surface area contributed by atoms with E-state index in [0.29, 0.717) is 5.88 Å². The van der Waals surface area contributed by atoms with Crippen molar-refractivity contribution in [3.63, 3.8) is 0 Å². The molecule has 2 heteroatoms. The van der Waals surface area contributed by atoms with Crippen LogP contribution in [0.2, 0.25) is 0 Å². The van der Waals surface area contributed by atoms with Crippen molar-refractivity contribution >= 4 is 0 Å². The smallest absolute Gasteiger partial charge is 0.182 e. The Labute approximate surface area is 114 Å². The molecule has 0 spiro atoms. The van der Waals surface area contributed by atoms with Crippen molar-refractivity contribution in [3.05, 3.63) is 11.5 Å². The van der Waals surface area contributed by atoms with E-state index in [2.05, 4.69) is 13.8 Å². The summed E-state index contributed by atoms with van der Waals surface area (Å²) < 4.78 is 5.20. The largest absolute Gasteiger partial charge is 0.483 e. The molecule has 0 aromatic rings. The molecule has 0 saturated heterocycles. The lowest BCUT2D eigenvalue weighted by Gasteiger charge is -2.11. The molecule has 0 aliphatic carbocycles. The first-order valence-corrected chi connectivity index (χ1v) is 7.77. The molecular weight excluding hydrogens is 222 g/mol. The Bertz CT molecular complexity index is 211. The molecule has 0 saturated carbocycles. The van der Waals surface area contributed by atoms with Crippen LogP contribution in [0.5, 0.6) is 0 Å². The molecule has 0 bridgehead atoms. The third-order valence-electron chi connectivity index (χ3n) is 3.48. The molecule has 0 radical (unpaired) electrons. The van der Waals surface area contributed by atoms with Crippen LogP contribution in [0.1, 0.15) is 84.5 Å². The third kappa shape index (κ3) is 9.38. The maximum atomic E-state index is 5.93. The summed E-state index contributed by atoms with van der Waals surface area (Å²) in [6.07, 6.45) is 14.0. The van der Waals surface area contributed by atoms with Gasteiger partial charge in [-0.3, -0.25) is 0 Å². The molecule has 0 aliphatic heterocycles. The van der Waals surface area contributed by atoms with Gasteiger partial charge >= 0.3 is 0 Å². The second kappa shape index (κ2) is 12.8. The summed E-state index contributed by atoms with van der Waals surface area (Å²) in [5.41, 5.74) is 7.27. The van der Waals surface area contributed by atoms with Crippen molar-refractivity contribution in [3.8, 4) is 0 Å². The van der Waals surface area contributed by atoms with E-state index in [1.807, 2.05) is 0 Å². The van der Waals surface area contributed by atoms with Gasteiger partial charge in [0.15, 0.2) is 5.88 Å². The number of allylic oxidation sites excluding steroid dienone is 1. The number of hydrogen-bond acceptors (Lipinski definition) is 2. The van der Waals surface area contributed by atoms with Gasteiger partial charge in [-0.05, 0) is 31.3 Å². The van der Waals surface area contributed by atoms with Crippen molar-refractivity contribution in [1.82, 2.24) is 0 Å². The lowest BCUT2D eigenvalue weighted by Crippen LogP contribution is -2.05. The summed E-state index contributed by atoms with van der Waals surface area (Å²) in [4.78, 5) is 0. The van der Waals surface area contributed by atoms with Crippen LogP contribution in [0, 0.1) is 0 Å².